The van der Waals surface area contributed by atoms with E-state index in [-0.39, 0.29) is 11.9 Å². The van der Waals surface area contributed by atoms with Crippen LogP contribution in [-0.2, 0) is 4.79 Å². The van der Waals surface area contributed by atoms with Crippen molar-refractivity contribution in [1.29, 1.82) is 0 Å². The standard InChI is InChI=1S/C19H37N5O/c1-15-8-10-16(11-9-15)22-19(20-2)21-12-6-14-24-13-5-7-17(24)18(25)23(3)4/h15-17H,5-14H2,1-4H3,(H2,20,21,22). The molecule has 1 aliphatic carbocycles. The molecule has 1 amide bonds. The quantitative estimate of drug-likeness (QED) is 0.434. The maximum absolute atomic E-state index is 12.2. The monoisotopic (exact) mass is 351 g/mol. The molecule has 2 N–H and O–H groups in total. The van der Waals surface area contributed by atoms with Crippen LogP contribution in [0.2, 0.25) is 0 Å². The molecule has 0 spiro atoms. The predicted octanol–water partition coefficient (Wildman–Crippen LogP) is 1.67. The number of aliphatic imine (C=N–C) groups is 1. The van der Waals surface area contributed by atoms with Gasteiger partial charge in [0.05, 0.1) is 6.04 Å². The number of nitrogens with one attached hydrogen (secondary N) is 2. The molecule has 144 valence electrons. The van der Waals surface area contributed by atoms with Crippen LogP contribution in [0.1, 0.15) is 51.9 Å². The predicted molar refractivity (Wildman–Crippen MR) is 104 cm³/mol. The number of carbonyl (C=O) groups is 1. The van der Waals surface area contributed by atoms with Gasteiger partial charge in [-0.2, -0.15) is 0 Å². The molecular formula is C19H37N5O. The van der Waals surface area contributed by atoms with E-state index < -0.39 is 0 Å². The van der Waals surface area contributed by atoms with Crippen molar-refractivity contribution >= 4 is 11.9 Å². The Morgan fingerprint density at radius 2 is 1.92 bits per heavy atom. The average molecular weight is 352 g/mol. The van der Waals surface area contributed by atoms with Crippen molar-refractivity contribution in [3.63, 3.8) is 0 Å². The average Bonchev–Trinajstić information content (AvgIpc) is 3.06. The number of likely N-dealkylation sites (N-methyl/N-ethyl adjacent to an activating group) is 1. The third-order valence-corrected chi connectivity index (χ3v) is 5.58. The van der Waals surface area contributed by atoms with Crippen LogP contribution in [0.25, 0.3) is 0 Å². The van der Waals surface area contributed by atoms with Crippen molar-refractivity contribution in [3.05, 3.63) is 0 Å². The number of likely N-dealkylation sites (tertiary alicyclic amines) is 1. The topological polar surface area (TPSA) is 60.0 Å². The fourth-order valence-electron chi connectivity index (χ4n) is 3.95. The fraction of sp³-hybridized carbons (Fsp3) is 0.895. The number of hydrogen-bond acceptors (Lipinski definition) is 3. The highest BCUT2D eigenvalue weighted by atomic mass is 16.2. The van der Waals surface area contributed by atoms with Crippen LogP contribution in [0.15, 0.2) is 4.99 Å². The maximum atomic E-state index is 12.2. The molecule has 6 nitrogen and oxygen atoms in total. The minimum atomic E-state index is 0.0802. The van der Waals surface area contributed by atoms with Gasteiger partial charge in [0.2, 0.25) is 5.91 Å². The van der Waals surface area contributed by atoms with Crippen molar-refractivity contribution in [3.8, 4) is 0 Å². The second kappa shape index (κ2) is 10.00. The smallest absolute Gasteiger partial charge is 0.239 e. The molecule has 1 saturated carbocycles. The van der Waals surface area contributed by atoms with Gasteiger partial charge in [-0.3, -0.25) is 14.7 Å². The molecular weight excluding hydrogens is 314 g/mol. The zero-order valence-corrected chi connectivity index (χ0v) is 16.6. The van der Waals surface area contributed by atoms with Crippen molar-refractivity contribution in [2.75, 3.05) is 40.8 Å². The largest absolute Gasteiger partial charge is 0.356 e. The summed E-state index contributed by atoms with van der Waals surface area (Å²) in [5.41, 5.74) is 0. The van der Waals surface area contributed by atoms with E-state index in [1.54, 1.807) is 4.90 Å². The highest BCUT2D eigenvalue weighted by molar-refractivity contribution is 5.81. The normalized spacial score (nSPS) is 28.0. The summed E-state index contributed by atoms with van der Waals surface area (Å²) in [7, 11) is 5.54. The van der Waals surface area contributed by atoms with E-state index in [1.807, 2.05) is 21.1 Å². The Labute approximate surface area is 153 Å². The van der Waals surface area contributed by atoms with Crippen molar-refractivity contribution in [2.45, 2.75) is 64.0 Å². The molecule has 0 aromatic heterocycles. The van der Waals surface area contributed by atoms with Crippen molar-refractivity contribution in [2.24, 2.45) is 10.9 Å². The van der Waals surface area contributed by atoms with Crippen LogP contribution in [0.4, 0.5) is 0 Å². The van der Waals surface area contributed by atoms with Crippen LogP contribution in [-0.4, -0.2) is 74.5 Å². The molecule has 0 bridgehead atoms. The molecule has 1 atom stereocenters. The molecule has 2 fully saturated rings. The lowest BCUT2D eigenvalue weighted by Gasteiger charge is -2.28. The van der Waals surface area contributed by atoms with Gasteiger partial charge >= 0.3 is 0 Å². The summed E-state index contributed by atoms with van der Waals surface area (Å²) in [6, 6.07) is 0.639. The van der Waals surface area contributed by atoms with Gasteiger partial charge in [-0.25, -0.2) is 0 Å². The number of guanidine groups is 1. The summed E-state index contributed by atoms with van der Waals surface area (Å²) in [6.07, 6.45) is 8.25. The number of nitrogens with zero attached hydrogens (tertiary/aromatic N) is 3. The summed E-state index contributed by atoms with van der Waals surface area (Å²) in [6.45, 7) is 5.24. The maximum Gasteiger partial charge on any atom is 0.239 e. The molecule has 0 aromatic rings. The first kappa shape index (κ1) is 20.0. The van der Waals surface area contributed by atoms with Gasteiger partial charge in [-0.1, -0.05) is 6.92 Å². The van der Waals surface area contributed by atoms with E-state index in [4.69, 9.17) is 0 Å². The molecule has 0 aromatic carbocycles. The summed E-state index contributed by atoms with van der Waals surface area (Å²) in [4.78, 5) is 20.6. The van der Waals surface area contributed by atoms with Gasteiger partial charge in [-0.15, -0.1) is 0 Å². The van der Waals surface area contributed by atoms with Crippen molar-refractivity contribution in [1.82, 2.24) is 20.4 Å². The number of rotatable bonds is 6. The van der Waals surface area contributed by atoms with Crippen LogP contribution < -0.4 is 10.6 Å². The molecule has 1 unspecified atom stereocenters. The summed E-state index contributed by atoms with van der Waals surface area (Å²) in [5, 5.41) is 7.00. The Kier molecular flexibility index (Phi) is 8.00. The molecule has 2 aliphatic rings. The van der Waals surface area contributed by atoms with Crippen LogP contribution >= 0.6 is 0 Å². The van der Waals surface area contributed by atoms with Crippen molar-refractivity contribution < 1.29 is 4.79 Å². The number of hydrogen-bond donors (Lipinski definition) is 2. The first-order valence-electron chi connectivity index (χ1n) is 9.93. The summed E-state index contributed by atoms with van der Waals surface area (Å²) < 4.78 is 0. The second-order valence-electron chi connectivity index (χ2n) is 7.88. The highest BCUT2D eigenvalue weighted by Crippen LogP contribution is 2.23. The Balaban J connectivity index is 1.66. The van der Waals surface area contributed by atoms with Gasteiger partial charge in [0.25, 0.3) is 0 Å². The SMILES string of the molecule is CN=C(NCCCN1CCCC1C(=O)N(C)C)NC1CCC(C)CC1. The van der Waals surface area contributed by atoms with E-state index in [0.29, 0.717) is 6.04 Å². The Morgan fingerprint density at radius 1 is 1.20 bits per heavy atom. The first-order chi connectivity index (χ1) is 12.0. The van der Waals surface area contributed by atoms with E-state index in [0.717, 1.165) is 50.8 Å². The molecule has 1 saturated heterocycles. The van der Waals surface area contributed by atoms with Gasteiger partial charge in [0.15, 0.2) is 5.96 Å². The van der Waals surface area contributed by atoms with E-state index in [2.05, 4.69) is 27.4 Å². The second-order valence-corrected chi connectivity index (χ2v) is 7.88. The first-order valence-corrected chi connectivity index (χ1v) is 9.93. The fourth-order valence-corrected chi connectivity index (χ4v) is 3.95. The number of carbonyl (C=O) groups excluding carboxylic acids is 1. The van der Waals surface area contributed by atoms with Gasteiger partial charge < -0.3 is 15.5 Å². The molecule has 2 rings (SSSR count). The van der Waals surface area contributed by atoms with Gasteiger partial charge in [0, 0.05) is 40.3 Å². The molecule has 1 aliphatic heterocycles. The zero-order valence-electron chi connectivity index (χ0n) is 16.6. The minimum absolute atomic E-state index is 0.0802. The molecule has 6 heteroatoms. The highest BCUT2D eigenvalue weighted by Gasteiger charge is 2.31. The zero-order chi connectivity index (χ0) is 18.2. The Hall–Kier alpha value is -1.30. The summed E-state index contributed by atoms with van der Waals surface area (Å²) >= 11 is 0. The lowest BCUT2D eigenvalue weighted by atomic mass is 9.87. The minimum Gasteiger partial charge on any atom is -0.356 e. The molecule has 1 heterocycles. The third-order valence-electron chi connectivity index (χ3n) is 5.58. The Bertz CT molecular complexity index is 443. The third kappa shape index (κ3) is 6.17. The van der Waals surface area contributed by atoms with Gasteiger partial charge in [0.1, 0.15) is 0 Å². The molecule has 25 heavy (non-hydrogen) atoms. The number of amides is 1. The lowest BCUT2D eigenvalue weighted by molar-refractivity contribution is -0.133. The van der Waals surface area contributed by atoms with E-state index >= 15 is 0 Å². The Morgan fingerprint density at radius 3 is 2.56 bits per heavy atom. The summed E-state index contributed by atoms with van der Waals surface area (Å²) in [5.74, 6) is 2.03. The van der Waals surface area contributed by atoms with Crippen LogP contribution in [0.3, 0.4) is 0 Å². The van der Waals surface area contributed by atoms with E-state index in [1.165, 1.54) is 25.7 Å². The van der Waals surface area contributed by atoms with Crippen LogP contribution in [0.5, 0.6) is 0 Å². The van der Waals surface area contributed by atoms with Crippen LogP contribution in [0, 0.1) is 5.92 Å². The van der Waals surface area contributed by atoms with Gasteiger partial charge in [-0.05, 0) is 57.4 Å². The molecule has 0 radical (unpaired) electrons. The van der Waals surface area contributed by atoms with E-state index in [9.17, 15) is 4.79 Å². The lowest BCUT2D eigenvalue weighted by Crippen LogP contribution is -2.46.